The largest absolute Gasteiger partial charge is 0.481 e. The van der Waals surface area contributed by atoms with Crippen molar-refractivity contribution in [2.24, 2.45) is 0 Å². The molecular weight excluding hydrogens is 400 g/mol. The second-order valence-electron chi connectivity index (χ2n) is 6.36. The highest BCUT2D eigenvalue weighted by Crippen LogP contribution is 2.25. The normalized spacial score (nSPS) is 12.0. The quantitative estimate of drug-likeness (QED) is 0.644. The van der Waals surface area contributed by atoms with Crippen LogP contribution in [0.2, 0.25) is 0 Å². The summed E-state index contributed by atoms with van der Waals surface area (Å²) in [5.74, 6) is -0.170. The summed E-state index contributed by atoms with van der Waals surface area (Å²) < 4.78 is 6.27. The molecule has 0 spiro atoms. The summed E-state index contributed by atoms with van der Waals surface area (Å²) >= 11 is 3.36. The van der Waals surface area contributed by atoms with Crippen LogP contribution < -0.4 is 15.6 Å². The van der Waals surface area contributed by atoms with Gasteiger partial charge in [-0.2, -0.15) is 5.10 Å². The number of amides is 2. The van der Waals surface area contributed by atoms with Gasteiger partial charge < -0.3 is 4.74 Å². The Hall–Kier alpha value is -2.35. The summed E-state index contributed by atoms with van der Waals surface area (Å²) in [5, 5.41) is 6.80. The average Bonchev–Trinajstić information content (AvgIpc) is 2.98. The molecule has 8 heteroatoms. The summed E-state index contributed by atoms with van der Waals surface area (Å²) in [6.45, 7) is 9.48. The Kier molecular flexibility index (Phi) is 6.42. The van der Waals surface area contributed by atoms with Crippen molar-refractivity contribution in [3.8, 4) is 5.75 Å². The molecule has 0 saturated heterocycles. The van der Waals surface area contributed by atoms with E-state index in [1.807, 2.05) is 39.8 Å². The fourth-order valence-corrected chi connectivity index (χ4v) is 3.07. The number of ether oxygens (including phenoxy) is 1. The van der Waals surface area contributed by atoms with Gasteiger partial charge in [0.1, 0.15) is 5.75 Å². The van der Waals surface area contributed by atoms with Gasteiger partial charge >= 0.3 is 0 Å². The van der Waals surface area contributed by atoms with Gasteiger partial charge in [-0.15, -0.1) is 0 Å². The first-order valence-corrected chi connectivity index (χ1v) is 9.08. The Morgan fingerprint density at radius 1 is 1.19 bits per heavy atom. The Morgan fingerprint density at radius 2 is 1.88 bits per heavy atom. The number of hydrogen-bond acceptors (Lipinski definition) is 4. The third-order valence-corrected chi connectivity index (χ3v) is 4.85. The average molecular weight is 423 g/mol. The molecule has 2 rings (SSSR count). The molecule has 1 atom stereocenters. The van der Waals surface area contributed by atoms with E-state index in [0.29, 0.717) is 10.2 Å². The maximum absolute atomic E-state index is 12.2. The molecule has 7 nitrogen and oxygen atoms in total. The molecule has 0 aliphatic rings. The van der Waals surface area contributed by atoms with Crippen LogP contribution in [0.5, 0.6) is 5.75 Å². The number of H-pyrrole nitrogens is 1. The van der Waals surface area contributed by atoms with E-state index >= 15 is 0 Å². The van der Waals surface area contributed by atoms with Crippen LogP contribution in [0.4, 0.5) is 0 Å². The molecule has 1 heterocycles. The van der Waals surface area contributed by atoms with Crippen LogP contribution in [0.1, 0.15) is 54.0 Å². The van der Waals surface area contributed by atoms with Crippen molar-refractivity contribution in [3.05, 3.63) is 45.2 Å². The molecule has 0 aliphatic heterocycles. The Morgan fingerprint density at radius 3 is 2.50 bits per heavy atom. The lowest BCUT2D eigenvalue weighted by molar-refractivity contribution is -0.128. The number of carbonyl (C=O) groups is 2. The van der Waals surface area contributed by atoms with Crippen molar-refractivity contribution in [2.45, 2.75) is 46.6 Å². The lowest BCUT2D eigenvalue weighted by Gasteiger charge is -2.17. The molecule has 0 bridgehead atoms. The number of carbonyl (C=O) groups excluding carboxylic acids is 2. The fraction of sp³-hybridized carbons (Fsp3) is 0.389. The van der Waals surface area contributed by atoms with Gasteiger partial charge in [0.15, 0.2) is 11.8 Å². The standard InChI is InChI=1S/C18H23BrN4O3/c1-9(2)15-14(19)16(21-20-15)18(25)23-22-17(24)12(5)26-13-8-6-7-10(3)11(13)4/h6-9,12H,1-5H3,(H,20,21)(H,22,24)(H,23,25). The number of aromatic nitrogens is 2. The number of rotatable bonds is 5. The SMILES string of the molecule is Cc1cccc(OC(C)C(=O)NNC(=O)c2n[nH]c(C(C)C)c2Br)c1C. The van der Waals surface area contributed by atoms with Crippen molar-refractivity contribution in [2.75, 3.05) is 0 Å². The van der Waals surface area contributed by atoms with Crippen LogP contribution in [0.25, 0.3) is 0 Å². The molecule has 0 aliphatic carbocycles. The zero-order valence-electron chi connectivity index (χ0n) is 15.4. The lowest BCUT2D eigenvalue weighted by atomic mass is 10.1. The molecule has 140 valence electrons. The summed E-state index contributed by atoms with van der Waals surface area (Å²) in [5.41, 5.74) is 7.75. The van der Waals surface area contributed by atoms with Crippen molar-refractivity contribution in [1.82, 2.24) is 21.0 Å². The Bertz CT molecular complexity index is 817. The number of hydrazine groups is 1. The Balaban J connectivity index is 1.95. The van der Waals surface area contributed by atoms with E-state index in [1.165, 1.54) is 0 Å². The second kappa shape index (κ2) is 8.35. The van der Waals surface area contributed by atoms with Gasteiger partial charge in [0.05, 0.1) is 10.2 Å². The van der Waals surface area contributed by atoms with Crippen LogP contribution >= 0.6 is 15.9 Å². The molecule has 0 saturated carbocycles. The van der Waals surface area contributed by atoms with Gasteiger partial charge in [0, 0.05) is 0 Å². The third kappa shape index (κ3) is 4.43. The van der Waals surface area contributed by atoms with E-state index in [1.54, 1.807) is 13.0 Å². The molecule has 2 aromatic rings. The van der Waals surface area contributed by atoms with Crippen LogP contribution in [0.15, 0.2) is 22.7 Å². The molecule has 2 amide bonds. The minimum absolute atomic E-state index is 0.178. The second-order valence-corrected chi connectivity index (χ2v) is 7.15. The minimum atomic E-state index is -0.773. The summed E-state index contributed by atoms with van der Waals surface area (Å²) in [6, 6.07) is 5.64. The number of aromatic amines is 1. The molecule has 1 aromatic heterocycles. The number of nitrogens with one attached hydrogen (secondary N) is 3. The summed E-state index contributed by atoms with van der Waals surface area (Å²) in [7, 11) is 0. The number of benzene rings is 1. The fourth-order valence-electron chi connectivity index (χ4n) is 2.25. The van der Waals surface area contributed by atoms with Crippen molar-refractivity contribution in [1.29, 1.82) is 0 Å². The number of nitrogens with zero attached hydrogens (tertiary/aromatic N) is 1. The smallest absolute Gasteiger partial charge is 0.291 e. The predicted molar refractivity (Wildman–Crippen MR) is 102 cm³/mol. The molecule has 0 fully saturated rings. The van der Waals surface area contributed by atoms with Crippen molar-refractivity contribution >= 4 is 27.7 Å². The molecule has 26 heavy (non-hydrogen) atoms. The highest BCUT2D eigenvalue weighted by Gasteiger charge is 2.21. The first-order valence-electron chi connectivity index (χ1n) is 8.29. The van der Waals surface area contributed by atoms with Gasteiger partial charge in [0.25, 0.3) is 11.8 Å². The Labute approximate surface area is 161 Å². The van der Waals surface area contributed by atoms with E-state index in [0.717, 1.165) is 16.8 Å². The molecule has 3 N–H and O–H groups in total. The maximum atomic E-state index is 12.2. The van der Waals surface area contributed by atoms with Gasteiger partial charge in [-0.3, -0.25) is 25.5 Å². The van der Waals surface area contributed by atoms with Crippen LogP contribution in [-0.4, -0.2) is 28.1 Å². The molecule has 1 unspecified atom stereocenters. The van der Waals surface area contributed by atoms with Crippen LogP contribution in [0.3, 0.4) is 0 Å². The van der Waals surface area contributed by atoms with Crippen molar-refractivity contribution < 1.29 is 14.3 Å². The molecular formula is C18H23BrN4O3. The van der Waals surface area contributed by atoms with Gasteiger partial charge in [-0.1, -0.05) is 26.0 Å². The van der Waals surface area contributed by atoms with Gasteiger partial charge in [0.2, 0.25) is 0 Å². The first kappa shape index (κ1) is 20.0. The van der Waals surface area contributed by atoms with E-state index in [-0.39, 0.29) is 11.6 Å². The van der Waals surface area contributed by atoms with Gasteiger partial charge in [-0.25, -0.2) is 0 Å². The number of hydrogen-bond donors (Lipinski definition) is 3. The number of halogens is 1. The van der Waals surface area contributed by atoms with Crippen LogP contribution in [0, 0.1) is 13.8 Å². The first-order chi connectivity index (χ1) is 12.2. The third-order valence-electron chi connectivity index (χ3n) is 4.05. The van der Waals surface area contributed by atoms with E-state index in [9.17, 15) is 9.59 Å². The zero-order valence-corrected chi connectivity index (χ0v) is 17.0. The van der Waals surface area contributed by atoms with Crippen LogP contribution in [-0.2, 0) is 4.79 Å². The van der Waals surface area contributed by atoms with E-state index < -0.39 is 17.9 Å². The summed E-state index contributed by atoms with van der Waals surface area (Å²) in [6.07, 6.45) is -0.773. The highest BCUT2D eigenvalue weighted by atomic mass is 79.9. The predicted octanol–water partition coefficient (Wildman–Crippen LogP) is 3.14. The zero-order chi connectivity index (χ0) is 19.4. The van der Waals surface area contributed by atoms with E-state index in [2.05, 4.69) is 37.0 Å². The number of aryl methyl sites for hydroxylation is 1. The van der Waals surface area contributed by atoms with Gasteiger partial charge in [-0.05, 0) is 59.8 Å². The molecule has 0 radical (unpaired) electrons. The summed E-state index contributed by atoms with van der Waals surface area (Å²) in [4.78, 5) is 24.4. The molecule has 1 aromatic carbocycles. The van der Waals surface area contributed by atoms with E-state index in [4.69, 9.17) is 4.74 Å². The lowest BCUT2D eigenvalue weighted by Crippen LogP contribution is -2.47. The highest BCUT2D eigenvalue weighted by molar-refractivity contribution is 9.10. The minimum Gasteiger partial charge on any atom is -0.481 e. The topological polar surface area (TPSA) is 96.1 Å². The van der Waals surface area contributed by atoms with Crippen molar-refractivity contribution in [3.63, 3.8) is 0 Å². The monoisotopic (exact) mass is 422 g/mol. The maximum Gasteiger partial charge on any atom is 0.291 e.